The Labute approximate surface area is 388 Å². The monoisotopic (exact) mass is 854 g/mol. The molecule has 10 rings (SSSR count). The summed E-state index contributed by atoms with van der Waals surface area (Å²) in [4.78, 5) is 5.01. The Kier molecular flexibility index (Phi) is 9.81. The van der Waals surface area contributed by atoms with Crippen molar-refractivity contribution in [2.75, 3.05) is 16.6 Å². The highest BCUT2D eigenvalue weighted by Gasteiger charge is 2.45. The minimum atomic E-state index is -0.0551. The third kappa shape index (κ3) is 7.42. The maximum absolute atomic E-state index is 6.31. The van der Waals surface area contributed by atoms with Crippen LogP contribution in [0.25, 0.3) is 22.3 Å². The molecule has 5 heteroatoms. The van der Waals surface area contributed by atoms with Gasteiger partial charge in [0.2, 0.25) is 6.79 Å². The Bertz CT molecular complexity index is 2930. The van der Waals surface area contributed by atoms with Crippen LogP contribution in [-0.2, 0) is 21.7 Å². The van der Waals surface area contributed by atoms with E-state index in [1.807, 2.05) is 6.07 Å². The molecular formula is C60H63BN2O2. The number of anilines is 6. The summed E-state index contributed by atoms with van der Waals surface area (Å²) in [6.07, 6.45) is 0. The van der Waals surface area contributed by atoms with Crippen molar-refractivity contribution < 1.29 is 9.47 Å². The Hall–Kier alpha value is -6.20. The molecule has 0 amide bonds. The van der Waals surface area contributed by atoms with E-state index in [9.17, 15) is 0 Å². The molecule has 3 aliphatic heterocycles. The van der Waals surface area contributed by atoms with Crippen LogP contribution in [0.5, 0.6) is 11.5 Å². The Morgan fingerprint density at radius 2 is 0.877 bits per heavy atom. The third-order valence-corrected chi connectivity index (χ3v) is 13.9. The molecule has 328 valence electrons. The van der Waals surface area contributed by atoms with Gasteiger partial charge < -0.3 is 19.3 Å². The number of fused-ring (bicyclic) bond motifs is 5. The van der Waals surface area contributed by atoms with E-state index >= 15 is 0 Å². The Balaban J connectivity index is 1.28. The molecule has 0 spiro atoms. The topological polar surface area (TPSA) is 24.9 Å². The van der Waals surface area contributed by atoms with Gasteiger partial charge >= 0.3 is 0 Å². The normalized spacial score (nSPS) is 14.3. The average molecular weight is 855 g/mol. The van der Waals surface area contributed by atoms with Gasteiger partial charge in [-0.3, -0.25) is 0 Å². The summed E-state index contributed by atoms with van der Waals surface area (Å²) in [6.45, 7) is 30.1. The highest BCUT2D eigenvalue weighted by Crippen LogP contribution is 2.51. The molecule has 0 radical (unpaired) electrons. The van der Waals surface area contributed by atoms with Gasteiger partial charge in [-0.05, 0) is 150 Å². The van der Waals surface area contributed by atoms with Gasteiger partial charge in [0.05, 0.1) is 5.69 Å². The van der Waals surface area contributed by atoms with Crippen LogP contribution < -0.4 is 35.7 Å². The van der Waals surface area contributed by atoms with Crippen molar-refractivity contribution in [2.45, 2.75) is 112 Å². The van der Waals surface area contributed by atoms with Crippen LogP contribution in [0.4, 0.5) is 34.1 Å². The molecule has 3 aliphatic rings. The van der Waals surface area contributed by atoms with Crippen LogP contribution >= 0.6 is 0 Å². The predicted molar refractivity (Wildman–Crippen MR) is 277 cm³/mol. The van der Waals surface area contributed by atoms with Crippen molar-refractivity contribution >= 4 is 57.2 Å². The molecular weight excluding hydrogens is 791 g/mol. The fourth-order valence-corrected chi connectivity index (χ4v) is 10.1. The SMILES string of the molecule is Cc1cc2c3c(c1)N(c1cccc4c1OCO4)c1ccc(C(C)(C)C)cc1B3c1cc(C(C)(C)C)ccc1N2c1cc(-c2ccc(C(C)(C)C)cc2)cc(-c2ccc(C(C)(C)C)cc2)c1. The van der Waals surface area contributed by atoms with Crippen molar-refractivity contribution in [2.24, 2.45) is 0 Å². The molecule has 7 aromatic carbocycles. The maximum Gasteiger partial charge on any atom is 0.252 e. The zero-order valence-electron chi connectivity index (χ0n) is 40.7. The lowest BCUT2D eigenvalue weighted by molar-refractivity contribution is 0.174. The fourth-order valence-electron chi connectivity index (χ4n) is 10.1. The molecule has 0 aromatic heterocycles. The molecule has 0 unspecified atom stereocenters. The van der Waals surface area contributed by atoms with Gasteiger partial charge in [0.15, 0.2) is 11.5 Å². The van der Waals surface area contributed by atoms with Crippen molar-refractivity contribution in [3.63, 3.8) is 0 Å². The molecule has 0 saturated heterocycles. The number of rotatable bonds is 4. The molecule has 0 saturated carbocycles. The van der Waals surface area contributed by atoms with E-state index in [0.29, 0.717) is 0 Å². The quantitative estimate of drug-likeness (QED) is 0.165. The predicted octanol–water partition coefficient (Wildman–Crippen LogP) is 14.3. The molecule has 0 fully saturated rings. The van der Waals surface area contributed by atoms with Crippen molar-refractivity contribution in [3.05, 3.63) is 161 Å². The van der Waals surface area contributed by atoms with Crippen molar-refractivity contribution in [1.29, 1.82) is 0 Å². The molecule has 0 aliphatic carbocycles. The van der Waals surface area contributed by atoms with Gasteiger partial charge in [0, 0.05) is 28.4 Å². The minimum absolute atomic E-state index is 0.0193. The van der Waals surface area contributed by atoms with Gasteiger partial charge in [-0.15, -0.1) is 0 Å². The lowest BCUT2D eigenvalue weighted by Crippen LogP contribution is -2.61. The Morgan fingerprint density at radius 1 is 0.415 bits per heavy atom. The number of aryl methyl sites for hydroxylation is 1. The molecule has 3 heterocycles. The smallest absolute Gasteiger partial charge is 0.252 e. The highest BCUT2D eigenvalue weighted by molar-refractivity contribution is 7.00. The van der Waals surface area contributed by atoms with Crippen LogP contribution in [-0.4, -0.2) is 13.5 Å². The second-order valence-corrected chi connectivity index (χ2v) is 22.8. The summed E-state index contributed by atoms with van der Waals surface area (Å²) in [6, 6.07) is 51.2. The molecule has 7 aromatic rings. The number of hydrogen-bond donors (Lipinski definition) is 0. The van der Waals surface area contributed by atoms with E-state index < -0.39 is 0 Å². The number of para-hydroxylation sites is 1. The minimum Gasteiger partial charge on any atom is -0.454 e. The zero-order valence-corrected chi connectivity index (χ0v) is 40.7. The zero-order chi connectivity index (χ0) is 46.0. The first-order valence-electron chi connectivity index (χ1n) is 23.4. The van der Waals surface area contributed by atoms with Gasteiger partial charge in [-0.1, -0.05) is 162 Å². The number of hydrogen-bond acceptors (Lipinski definition) is 4. The molecule has 65 heavy (non-hydrogen) atoms. The maximum atomic E-state index is 6.31. The molecule has 0 N–H and O–H groups in total. The van der Waals surface area contributed by atoms with Gasteiger partial charge in [-0.25, -0.2) is 0 Å². The van der Waals surface area contributed by atoms with E-state index in [1.54, 1.807) is 0 Å². The third-order valence-electron chi connectivity index (χ3n) is 13.9. The number of benzene rings is 7. The van der Waals surface area contributed by atoms with Crippen LogP contribution in [0.1, 0.15) is 111 Å². The van der Waals surface area contributed by atoms with Gasteiger partial charge in [-0.2, -0.15) is 0 Å². The first-order chi connectivity index (χ1) is 30.6. The Morgan fingerprint density at radius 3 is 1.37 bits per heavy atom. The lowest BCUT2D eigenvalue weighted by Gasteiger charge is -2.45. The first kappa shape index (κ1) is 42.7. The summed E-state index contributed by atoms with van der Waals surface area (Å²) < 4.78 is 12.3. The molecule has 4 nitrogen and oxygen atoms in total. The van der Waals surface area contributed by atoms with Crippen LogP contribution in [0.2, 0.25) is 0 Å². The van der Waals surface area contributed by atoms with E-state index in [2.05, 4.69) is 227 Å². The van der Waals surface area contributed by atoms with Crippen LogP contribution in [0.15, 0.2) is 133 Å². The van der Waals surface area contributed by atoms with Crippen molar-refractivity contribution in [1.82, 2.24) is 0 Å². The summed E-state index contributed by atoms with van der Waals surface area (Å²) in [5.41, 5.74) is 22.0. The largest absolute Gasteiger partial charge is 0.454 e. The highest BCUT2D eigenvalue weighted by atomic mass is 16.7. The van der Waals surface area contributed by atoms with Gasteiger partial charge in [0.1, 0.15) is 0 Å². The standard InChI is InChI=1S/C60H63BN2O2/c1-37-29-52-55-53(30-37)63(51-15-14-16-54-56(51)65-36-64-54)50-28-26-45(60(11,12)13)35-48(50)61(55)47-34-44(59(8,9)10)25-27-49(47)62(52)46-32-40(38-17-21-42(22-18-38)57(2,3)4)31-41(33-46)39-19-23-43(24-20-39)58(5,6)7/h14-35H,36H2,1-13H3. The van der Waals surface area contributed by atoms with E-state index in [4.69, 9.17) is 9.47 Å². The van der Waals surface area contributed by atoms with E-state index in [-0.39, 0.29) is 35.2 Å². The van der Waals surface area contributed by atoms with E-state index in [0.717, 1.165) is 28.6 Å². The summed E-state index contributed by atoms with van der Waals surface area (Å²) in [5, 5.41) is 0. The summed E-state index contributed by atoms with van der Waals surface area (Å²) in [7, 11) is 0. The second-order valence-electron chi connectivity index (χ2n) is 22.8. The van der Waals surface area contributed by atoms with Crippen LogP contribution in [0, 0.1) is 6.92 Å². The number of ether oxygens (including phenoxy) is 2. The average Bonchev–Trinajstić information content (AvgIpc) is 3.74. The molecule has 0 bridgehead atoms. The van der Waals surface area contributed by atoms with E-state index in [1.165, 1.54) is 83.5 Å². The second kappa shape index (κ2) is 14.9. The lowest BCUT2D eigenvalue weighted by atomic mass is 9.33. The summed E-state index contributed by atoms with van der Waals surface area (Å²) >= 11 is 0. The van der Waals surface area contributed by atoms with Crippen molar-refractivity contribution in [3.8, 4) is 33.8 Å². The van der Waals surface area contributed by atoms with Gasteiger partial charge in [0.25, 0.3) is 6.71 Å². The fraction of sp³-hybridized carbons (Fsp3) is 0.300. The summed E-state index contributed by atoms with van der Waals surface area (Å²) in [5.74, 6) is 1.55. The first-order valence-corrected chi connectivity index (χ1v) is 23.4. The number of nitrogens with zero attached hydrogens (tertiary/aromatic N) is 2. The van der Waals surface area contributed by atoms with Crippen LogP contribution in [0.3, 0.4) is 0 Å². The molecule has 0 atom stereocenters.